The molecule has 1 amide bonds. The van der Waals surface area contributed by atoms with Crippen LogP contribution in [-0.4, -0.2) is 39.1 Å². The lowest BCUT2D eigenvalue weighted by atomic mass is 10.4. The third kappa shape index (κ3) is 4.28. The van der Waals surface area contributed by atoms with Gasteiger partial charge in [0, 0.05) is 6.07 Å². The van der Waals surface area contributed by atoms with Gasteiger partial charge in [-0.25, -0.2) is 0 Å². The molecule has 2 heterocycles. The van der Waals surface area contributed by atoms with Crippen molar-refractivity contribution in [1.29, 1.82) is 0 Å². The topological polar surface area (TPSA) is 107 Å². The number of nitrogens with one attached hydrogen (secondary N) is 1. The van der Waals surface area contributed by atoms with Crippen molar-refractivity contribution in [2.75, 3.05) is 11.9 Å². The highest BCUT2D eigenvalue weighted by Gasteiger charge is 2.19. The van der Waals surface area contributed by atoms with Crippen LogP contribution in [-0.2, 0) is 9.53 Å². The summed E-state index contributed by atoms with van der Waals surface area (Å²) < 4.78 is 10.3. The zero-order chi connectivity index (χ0) is 16.1. The highest BCUT2D eigenvalue weighted by molar-refractivity contribution is 8.02. The summed E-state index contributed by atoms with van der Waals surface area (Å²) in [5, 5.41) is 13.9. The number of rotatable bonds is 6. The number of aryl methyl sites for hydroxylation is 1. The summed E-state index contributed by atoms with van der Waals surface area (Å²) in [6.45, 7) is 5.50. The summed E-state index contributed by atoms with van der Waals surface area (Å²) in [7, 11) is 0. The van der Waals surface area contributed by atoms with E-state index < -0.39 is 11.2 Å². The van der Waals surface area contributed by atoms with Crippen LogP contribution in [0, 0.1) is 6.92 Å². The minimum absolute atomic E-state index is 0.168. The smallest absolute Gasteiger partial charge is 0.319 e. The summed E-state index contributed by atoms with van der Waals surface area (Å²) in [5.41, 5.74) is 0.168. The lowest BCUT2D eigenvalue weighted by Gasteiger charge is -2.06. The fourth-order valence-corrected chi connectivity index (χ4v) is 3.29. The van der Waals surface area contributed by atoms with Gasteiger partial charge in [0.05, 0.1) is 6.61 Å². The Morgan fingerprint density at radius 1 is 1.50 bits per heavy atom. The SMILES string of the molecule is CCOC(=O)[C@H](C)Sc1nnc(NC(=O)c2cc(C)on2)s1. The minimum atomic E-state index is -0.428. The Bertz CT molecular complexity index is 670. The standard InChI is InChI=1S/C12H14N4O4S2/c1-4-19-10(18)7(3)21-12-15-14-11(22-12)13-9(17)8-5-6(2)20-16-8/h5,7H,4H2,1-3H3,(H,13,14,17)/t7-/m0/s1. The molecule has 1 N–H and O–H groups in total. The van der Waals surface area contributed by atoms with E-state index in [-0.39, 0.29) is 11.7 Å². The van der Waals surface area contributed by atoms with Crippen molar-refractivity contribution >= 4 is 40.1 Å². The number of carbonyl (C=O) groups excluding carboxylic acids is 2. The van der Waals surface area contributed by atoms with Crippen LogP contribution in [0.2, 0.25) is 0 Å². The van der Waals surface area contributed by atoms with E-state index in [0.29, 0.717) is 21.8 Å². The van der Waals surface area contributed by atoms with Crippen molar-refractivity contribution in [3.63, 3.8) is 0 Å². The maximum absolute atomic E-state index is 11.9. The number of carbonyl (C=O) groups is 2. The number of ether oxygens (including phenoxy) is 1. The lowest BCUT2D eigenvalue weighted by molar-refractivity contribution is -0.142. The molecule has 2 aromatic heterocycles. The first-order chi connectivity index (χ1) is 10.5. The van der Waals surface area contributed by atoms with E-state index in [2.05, 4.69) is 20.7 Å². The van der Waals surface area contributed by atoms with Crippen molar-refractivity contribution in [2.45, 2.75) is 30.4 Å². The molecule has 1 atom stereocenters. The highest BCUT2D eigenvalue weighted by atomic mass is 32.2. The summed E-state index contributed by atoms with van der Waals surface area (Å²) in [4.78, 5) is 23.4. The van der Waals surface area contributed by atoms with E-state index in [9.17, 15) is 9.59 Å². The molecule has 0 radical (unpaired) electrons. The van der Waals surface area contributed by atoms with Crippen LogP contribution in [0.3, 0.4) is 0 Å². The molecular formula is C12H14N4O4S2. The Kier molecular flexibility index (Phi) is 5.50. The normalized spacial score (nSPS) is 12.0. The first-order valence-corrected chi connectivity index (χ1v) is 8.10. The number of thioether (sulfide) groups is 1. The second-order valence-corrected chi connectivity index (χ2v) is 6.73. The van der Waals surface area contributed by atoms with Crippen LogP contribution < -0.4 is 5.32 Å². The molecule has 0 aromatic carbocycles. The van der Waals surface area contributed by atoms with Gasteiger partial charge in [0.25, 0.3) is 5.91 Å². The van der Waals surface area contributed by atoms with Gasteiger partial charge < -0.3 is 9.26 Å². The molecule has 0 fully saturated rings. The molecule has 0 aliphatic carbocycles. The number of esters is 1. The van der Waals surface area contributed by atoms with Crippen LogP contribution in [0.4, 0.5) is 5.13 Å². The molecule has 0 saturated heterocycles. The quantitative estimate of drug-likeness (QED) is 0.483. The molecule has 0 unspecified atom stereocenters. The fourth-order valence-electron chi connectivity index (χ4n) is 1.40. The molecule has 8 nitrogen and oxygen atoms in total. The van der Waals surface area contributed by atoms with Gasteiger partial charge in [-0.05, 0) is 20.8 Å². The molecule has 0 aliphatic heterocycles. The van der Waals surface area contributed by atoms with Gasteiger partial charge in [-0.1, -0.05) is 28.3 Å². The van der Waals surface area contributed by atoms with Gasteiger partial charge >= 0.3 is 5.97 Å². The van der Waals surface area contributed by atoms with Gasteiger partial charge in [0.1, 0.15) is 11.0 Å². The van der Waals surface area contributed by atoms with Crippen LogP contribution in [0.15, 0.2) is 14.9 Å². The maximum Gasteiger partial charge on any atom is 0.319 e. The van der Waals surface area contributed by atoms with E-state index in [0.717, 1.165) is 0 Å². The predicted molar refractivity (Wildman–Crippen MR) is 81.1 cm³/mol. The van der Waals surface area contributed by atoms with Crippen molar-refractivity contribution in [3.05, 3.63) is 17.5 Å². The number of aromatic nitrogens is 3. The highest BCUT2D eigenvalue weighted by Crippen LogP contribution is 2.29. The molecular weight excluding hydrogens is 328 g/mol. The van der Waals surface area contributed by atoms with Gasteiger partial charge in [-0.2, -0.15) is 0 Å². The Morgan fingerprint density at radius 2 is 2.27 bits per heavy atom. The molecule has 2 rings (SSSR count). The molecule has 2 aromatic rings. The number of nitrogens with zero attached hydrogens (tertiary/aromatic N) is 3. The first-order valence-electron chi connectivity index (χ1n) is 6.41. The van der Waals surface area contributed by atoms with Gasteiger partial charge in [0.2, 0.25) is 5.13 Å². The van der Waals surface area contributed by atoms with Crippen LogP contribution >= 0.6 is 23.1 Å². The third-order valence-corrected chi connectivity index (χ3v) is 4.38. The van der Waals surface area contributed by atoms with E-state index in [1.165, 1.54) is 29.2 Å². The largest absolute Gasteiger partial charge is 0.465 e. The second-order valence-electron chi connectivity index (χ2n) is 4.16. The van der Waals surface area contributed by atoms with Gasteiger partial charge in [0.15, 0.2) is 10.0 Å². The maximum atomic E-state index is 11.9. The zero-order valence-corrected chi connectivity index (χ0v) is 13.8. The molecule has 10 heteroatoms. The van der Waals surface area contributed by atoms with E-state index in [4.69, 9.17) is 9.26 Å². The lowest BCUT2D eigenvalue weighted by Crippen LogP contribution is -2.16. The molecule has 118 valence electrons. The third-order valence-electron chi connectivity index (χ3n) is 2.38. The Hall–Kier alpha value is -1.94. The van der Waals surface area contributed by atoms with Gasteiger partial charge in [-0.3, -0.25) is 14.9 Å². The Balaban J connectivity index is 1.94. The number of hydrogen-bond donors (Lipinski definition) is 1. The number of hydrogen-bond acceptors (Lipinski definition) is 9. The number of amides is 1. The van der Waals surface area contributed by atoms with Crippen LogP contribution in [0.25, 0.3) is 0 Å². The average molecular weight is 342 g/mol. The Morgan fingerprint density at radius 3 is 2.91 bits per heavy atom. The number of anilines is 1. The fraction of sp³-hybridized carbons (Fsp3) is 0.417. The predicted octanol–water partition coefficient (Wildman–Crippen LogP) is 2.13. The van der Waals surface area contributed by atoms with Gasteiger partial charge in [-0.15, -0.1) is 10.2 Å². The average Bonchev–Trinajstić information content (AvgIpc) is 3.08. The van der Waals surface area contributed by atoms with Crippen LogP contribution in [0.5, 0.6) is 0 Å². The summed E-state index contributed by atoms with van der Waals surface area (Å²) in [6.07, 6.45) is 0. The molecule has 22 heavy (non-hydrogen) atoms. The first kappa shape index (κ1) is 16.4. The van der Waals surface area contributed by atoms with Crippen molar-refractivity contribution in [1.82, 2.24) is 15.4 Å². The minimum Gasteiger partial charge on any atom is -0.465 e. The summed E-state index contributed by atoms with van der Waals surface area (Å²) in [5.74, 6) is -0.198. The van der Waals surface area contributed by atoms with E-state index >= 15 is 0 Å². The second kappa shape index (κ2) is 7.36. The Labute approximate surface area is 134 Å². The van der Waals surface area contributed by atoms with Crippen molar-refractivity contribution in [3.8, 4) is 0 Å². The molecule has 0 bridgehead atoms. The summed E-state index contributed by atoms with van der Waals surface area (Å²) in [6, 6.07) is 1.52. The summed E-state index contributed by atoms with van der Waals surface area (Å²) >= 11 is 2.39. The monoisotopic (exact) mass is 342 g/mol. The molecule has 0 saturated carbocycles. The van der Waals surface area contributed by atoms with Crippen molar-refractivity contribution in [2.24, 2.45) is 0 Å². The van der Waals surface area contributed by atoms with Crippen molar-refractivity contribution < 1.29 is 18.8 Å². The molecule has 0 spiro atoms. The molecule has 0 aliphatic rings. The van der Waals surface area contributed by atoms with E-state index in [1.807, 2.05) is 0 Å². The zero-order valence-electron chi connectivity index (χ0n) is 12.2. The van der Waals surface area contributed by atoms with E-state index in [1.54, 1.807) is 20.8 Å². The van der Waals surface area contributed by atoms with Crippen LogP contribution in [0.1, 0.15) is 30.1 Å².